The molecule has 1 atom stereocenters. The molecule has 32 heavy (non-hydrogen) atoms. The zero-order valence-corrected chi connectivity index (χ0v) is 19.7. The van der Waals surface area contributed by atoms with E-state index in [-0.39, 0.29) is 29.6 Å². The van der Waals surface area contributed by atoms with Gasteiger partial charge in [-0.1, -0.05) is 19.1 Å². The summed E-state index contributed by atoms with van der Waals surface area (Å²) < 4.78 is 44.0. The van der Waals surface area contributed by atoms with Crippen LogP contribution in [0.15, 0.2) is 41.3 Å². The van der Waals surface area contributed by atoms with Gasteiger partial charge in [-0.3, -0.25) is 4.79 Å². The van der Waals surface area contributed by atoms with E-state index in [9.17, 15) is 13.2 Å². The fourth-order valence-corrected chi connectivity index (χ4v) is 4.84. The van der Waals surface area contributed by atoms with Gasteiger partial charge in [0.05, 0.1) is 30.9 Å². The highest BCUT2D eigenvalue weighted by Crippen LogP contribution is 2.30. The SMILES string of the molecule is CCC(Oc1cc(C)ccc1C)C(=O)Nc1cc(S(=O)(=O)N2CCOCC2)ccc1OC. The molecule has 1 N–H and O–H groups in total. The number of rotatable bonds is 8. The van der Waals surface area contributed by atoms with Crippen molar-refractivity contribution in [3.63, 3.8) is 0 Å². The third-order valence-electron chi connectivity index (χ3n) is 5.31. The predicted octanol–water partition coefficient (Wildman–Crippen LogP) is 3.13. The molecule has 1 fully saturated rings. The molecule has 0 radical (unpaired) electrons. The van der Waals surface area contributed by atoms with Crippen molar-refractivity contribution in [3.8, 4) is 11.5 Å². The Kier molecular flexibility index (Phi) is 7.76. The third kappa shape index (κ3) is 5.40. The van der Waals surface area contributed by atoms with Crippen molar-refractivity contribution in [1.29, 1.82) is 0 Å². The lowest BCUT2D eigenvalue weighted by molar-refractivity contribution is -0.122. The molecular weight excluding hydrogens is 432 g/mol. The van der Waals surface area contributed by atoms with Crippen LogP contribution in [0.4, 0.5) is 5.69 Å². The molecule has 2 aromatic carbocycles. The summed E-state index contributed by atoms with van der Waals surface area (Å²) in [6.45, 7) is 7.02. The number of benzene rings is 2. The number of nitrogens with one attached hydrogen (secondary N) is 1. The fourth-order valence-electron chi connectivity index (χ4n) is 3.40. The minimum atomic E-state index is -3.71. The quantitative estimate of drug-likeness (QED) is 0.648. The fraction of sp³-hybridized carbons (Fsp3) is 0.435. The van der Waals surface area contributed by atoms with Crippen molar-refractivity contribution in [3.05, 3.63) is 47.5 Å². The normalized spacial score (nSPS) is 15.8. The first-order valence-electron chi connectivity index (χ1n) is 10.6. The van der Waals surface area contributed by atoms with Crippen molar-refractivity contribution < 1.29 is 27.4 Å². The largest absolute Gasteiger partial charge is 0.495 e. The van der Waals surface area contributed by atoms with E-state index in [1.807, 2.05) is 39.0 Å². The molecule has 3 rings (SSSR count). The Morgan fingerprint density at radius 3 is 2.50 bits per heavy atom. The maximum absolute atomic E-state index is 13.0. The molecule has 1 aliphatic rings. The van der Waals surface area contributed by atoms with Crippen LogP contribution in [0.5, 0.6) is 11.5 Å². The number of carbonyl (C=O) groups is 1. The van der Waals surface area contributed by atoms with Crippen LogP contribution in [0, 0.1) is 13.8 Å². The molecule has 1 unspecified atom stereocenters. The molecule has 174 valence electrons. The van der Waals surface area contributed by atoms with Gasteiger partial charge in [0.2, 0.25) is 10.0 Å². The lowest BCUT2D eigenvalue weighted by atomic mass is 10.1. The van der Waals surface area contributed by atoms with E-state index in [4.69, 9.17) is 14.2 Å². The smallest absolute Gasteiger partial charge is 0.265 e. The maximum atomic E-state index is 13.0. The molecule has 0 bridgehead atoms. The first kappa shape index (κ1) is 24.0. The van der Waals surface area contributed by atoms with E-state index in [1.54, 1.807) is 0 Å². The van der Waals surface area contributed by atoms with Crippen molar-refractivity contribution in [2.24, 2.45) is 0 Å². The molecule has 0 aliphatic carbocycles. The van der Waals surface area contributed by atoms with Crippen LogP contribution in [0.1, 0.15) is 24.5 Å². The highest BCUT2D eigenvalue weighted by molar-refractivity contribution is 7.89. The van der Waals surface area contributed by atoms with Crippen LogP contribution in [-0.4, -0.2) is 58.1 Å². The number of morpholine rings is 1. The van der Waals surface area contributed by atoms with Gasteiger partial charge in [-0.2, -0.15) is 4.31 Å². The zero-order chi connectivity index (χ0) is 23.3. The Labute approximate surface area is 189 Å². The van der Waals surface area contributed by atoms with Crippen LogP contribution in [0.25, 0.3) is 0 Å². The lowest BCUT2D eigenvalue weighted by Gasteiger charge is -2.26. The summed E-state index contributed by atoms with van der Waals surface area (Å²) in [4.78, 5) is 13.1. The van der Waals surface area contributed by atoms with E-state index in [1.165, 1.54) is 29.6 Å². The molecule has 1 aliphatic heterocycles. The van der Waals surface area contributed by atoms with Gasteiger partial charge in [0.15, 0.2) is 6.10 Å². The maximum Gasteiger partial charge on any atom is 0.265 e. The van der Waals surface area contributed by atoms with Crippen LogP contribution in [0.2, 0.25) is 0 Å². The molecule has 2 aromatic rings. The molecule has 0 aromatic heterocycles. The highest BCUT2D eigenvalue weighted by atomic mass is 32.2. The topological polar surface area (TPSA) is 94.2 Å². The van der Waals surface area contributed by atoms with Crippen LogP contribution >= 0.6 is 0 Å². The molecule has 8 nitrogen and oxygen atoms in total. The van der Waals surface area contributed by atoms with Crippen molar-refractivity contribution in [2.75, 3.05) is 38.7 Å². The third-order valence-corrected chi connectivity index (χ3v) is 7.21. The lowest BCUT2D eigenvalue weighted by Crippen LogP contribution is -2.40. The van der Waals surface area contributed by atoms with E-state index < -0.39 is 16.1 Å². The van der Waals surface area contributed by atoms with E-state index in [2.05, 4.69) is 5.32 Å². The Balaban J connectivity index is 1.83. The van der Waals surface area contributed by atoms with Gasteiger partial charge in [0.25, 0.3) is 5.91 Å². The molecule has 1 saturated heterocycles. The molecule has 0 saturated carbocycles. The van der Waals surface area contributed by atoms with Gasteiger partial charge in [0.1, 0.15) is 11.5 Å². The number of carbonyl (C=O) groups excluding carboxylic acids is 1. The standard InChI is InChI=1S/C23H30N2O6S/c1-5-20(31-22-14-16(2)6-7-17(22)3)23(26)24-19-15-18(8-9-21(19)29-4)32(27,28)25-10-12-30-13-11-25/h6-9,14-15,20H,5,10-13H2,1-4H3,(H,24,26). The van der Waals surface area contributed by atoms with Crippen molar-refractivity contribution in [2.45, 2.75) is 38.2 Å². The molecule has 1 amide bonds. The summed E-state index contributed by atoms with van der Waals surface area (Å²) in [5, 5.41) is 2.79. The van der Waals surface area contributed by atoms with Gasteiger partial charge < -0.3 is 19.5 Å². The van der Waals surface area contributed by atoms with Crippen molar-refractivity contribution >= 4 is 21.6 Å². The number of sulfonamides is 1. The molecule has 0 spiro atoms. The number of amides is 1. The number of nitrogens with zero attached hydrogens (tertiary/aromatic N) is 1. The summed E-state index contributed by atoms with van der Waals surface area (Å²) in [6, 6.07) is 10.2. The number of hydrogen-bond donors (Lipinski definition) is 1. The molecular formula is C23H30N2O6S. The number of aryl methyl sites for hydroxylation is 2. The first-order chi connectivity index (χ1) is 15.3. The number of methoxy groups -OCH3 is 1. The molecule has 1 heterocycles. The van der Waals surface area contributed by atoms with E-state index in [0.717, 1.165) is 11.1 Å². The number of anilines is 1. The van der Waals surface area contributed by atoms with Gasteiger partial charge in [-0.05, 0) is 55.7 Å². The van der Waals surface area contributed by atoms with E-state index >= 15 is 0 Å². The van der Waals surface area contributed by atoms with Gasteiger partial charge in [-0.15, -0.1) is 0 Å². The summed E-state index contributed by atoms with van der Waals surface area (Å²) >= 11 is 0. The van der Waals surface area contributed by atoms with Gasteiger partial charge >= 0.3 is 0 Å². The zero-order valence-electron chi connectivity index (χ0n) is 18.9. The summed E-state index contributed by atoms with van der Waals surface area (Å²) in [5.41, 5.74) is 2.23. The van der Waals surface area contributed by atoms with Crippen LogP contribution in [-0.2, 0) is 19.6 Å². The van der Waals surface area contributed by atoms with Crippen LogP contribution in [0.3, 0.4) is 0 Å². The van der Waals surface area contributed by atoms with E-state index in [0.29, 0.717) is 31.1 Å². The Morgan fingerprint density at radius 2 is 1.84 bits per heavy atom. The van der Waals surface area contributed by atoms with Crippen molar-refractivity contribution in [1.82, 2.24) is 4.31 Å². The van der Waals surface area contributed by atoms with Crippen LogP contribution < -0.4 is 14.8 Å². The Morgan fingerprint density at radius 1 is 1.12 bits per heavy atom. The summed E-state index contributed by atoms with van der Waals surface area (Å²) in [7, 11) is -2.25. The Bertz CT molecular complexity index is 1060. The summed E-state index contributed by atoms with van der Waals surface area (Å²) in [6.07, 6.45) is -0.312. The molecule has 9 heteroatoms. The number of ether oxygens (including phenoxy) is 3. The van der Waals surface area contributed by atoms with Gasteiger partial charge in [0, 0.05) is 13.1 Å². The second kappa shape index (κ2) is 10.3. The highest BCUT2D eigenvalue weighted by Gasteiger charge is 2.28. The Hall–Kier alpha value is -2.62. The summed E-state index contributed by atoms with van der Waals surface area (Å²) in [5.74, 6) is 0.621. The average molecular weight is 463 g/mol. The minimum Gasteiger partial charge on any atom is -0.495 e. The second-order valence-electron chi connectivity index (χ2n) is 7.65. The minimum absolute atomic E-state index is 0.0824. The second-order valence-corrected chi connectivity index (χ2v) is 9.59. The monoisotopic (exact) mass is 462 g/mol. The predicted molar refractivity (Wildman–Crippen MR) is 122 cm³/mol. The average Bonchev–Trinajstić information content (AvgIpc) is 2.80. The first-order valence-corrected chi connectivity index (χ1v) is 12.0. The van der Waals surface area contributed by atoms with Gasteiger partial charge in [-0.25, -0.2) is 8.42 Å². The number of hydrogen-bond acceptors (Lipinski definition) is 6.